The normalized spacial score (nSPS) is 26.2. The van der Waals surface area contributed by atoms with Gasteiger partial charge in [-0.05, 0) is 97.4 Å². The van der Waals surface area contributed by atoms with E-state index in [2.05, 4.69) is 31.3 Å². The molecule has 36 heavy (non-hydrogen) atoms. The molecule has 5 heteroatoms. The third-order valence-electron chi connectivity index (χ3n) is 8.57. The lowest BCUT2D eigenvalue weighted by atomic mass is 9.59. The highest BCUT2D eigenvalue weighted by Crippen LogP contribution is 2.51. The number of carboxylic acid groups (broad SMARTS) is 1. The molecule has 2 aromatic carbocycles. The molecule has 0 heterocycles. The molecular formula is C31H41NO4. The molecule has 194 valence electrons. The minimum Gasteiger partial charge on any atom is -0.496 e. The van der Waals surface area contributed by atoms with Crippen molar-refractivity contribution in [2.24, 2.45) is 29.6 Å². The first-order valence-electron chi connectivity index (χ1n) is 13.6. The van der Waals surface area contributed by atoms with Gasteiger partial charge in [-0.25, -0.2) is 0 Å². The average molecular weight is 492 g/mol. The van der Waals surface area contributed by atoms with Gasteiger partial charge in [-0.15, -0.1) is 0 Å². The lowest BCUT2D eigenvalue weighted by Crippen LogP contribution is -2.35. The molecule has 2 fully saturated rings. The molecular weight excluding hydrogens is 450 g/mol. The standard InChI is InChI=1S/C31H41NO4/c1-5-23(31(34)35)15-21-6-11-28(36-4)27(16-21)18-32-30(33)25-9-7-24(8-10-25)29-20(3)14-22-12-19(2)13-26(29)17-22/h6-11,16,19-20,22-23,26,29H,5,12-15,17-18H2,1-4H3,(H,32,33)(H,34,35). The summed E-state index contributed by atoms with van der Waals surface area (Å²) in [5.41, 5.74) is 3.80. The summed E-state index contributed by atoms with van der Waals surface area (Å²) in [7, 11) is 1.60. The molecule has 2 N–H and O–H groups in total. The maximum atomic E-state index is 13.0. The quantitative estimate of drug-likeness (QED) is 0.422. The number of benzene rings is 2. The van der Waals surface area contributed by atoms with Crippen molar-refractivity contribution in [1.82, 2.24) is 5.32 Å². The highest BCUT2D eigenvalue weighted by Gasteiger charge is 2.40. The number of methoxy groups -OCH3 is 1. The van der Waals surface area contributed by atoms with Gasteiger partial charge in [0.05, 0.1) is 13.0 Å². The number of fused-ring (bicyclic) bond motifs is 2. The molecule has 2 saturated carbocycles. The fraction of sp³-hybridized carbons (Fsp3) is 0.548. The van der Waals surface area contributed by atoms with E-state index in [1.165, 1.54) is 31.2 Å². The first-order valence-corrected chi connectivity index (χ1v) is 13.6. The van der Waals surface area contributed by atoms with Crippen molar-refractivity contribution in [3.63, 3.8) is 0 Å². The molecule has 0 aromatic heterocycles. The van der Waals surface area contributed by atoms with E-state index in [0.717, 1.165) is 28.9 Å². The van der Waals surface area contributed by atoms with Crippen LogP contribution in [0.15, 0.2) is 42.5 Å². The molecule has 0 saturated heterocycles. The van der Waals surface area contributed by atoms with Gasteiger partial charge in [0.15, 0.2) is 0 Å². The summed E-state index contributed by atoms with van der Waals surface area (Å²) in [6.07, 6.45) is 6.41. The molecule has 6 atom stereocenters. The average Bonchev–Trinajstić information content (AvgIpc) is 2.85. The van der Waals surface area contributed by atoms with E-state index in [-0.39, 0.29) is 5.91 Å². The fourth-order valence-corrected chi connectivity index (χ4v) is 6.95. The highest BCUT2D eigenvalue weighted by atomic mass is 16.5. The number of carbonyl (C=O) groups excluding carboxylic acids is 1. The summed E-state index contributed by atoms with van der Waals surface area (Å²) in [6, 6.07) is 13.9. The predicted molar refractivity (Wildman–Crippen MR) is 142 cm³/mol. The van der Waals surface area contributed by atoms with Gasteiger partial charge >= 0.3 is 5.97 Å². The third-order valence-corrected chi connectivity index (χ3v) is 8.57. The number of nitrogens with one attached hydrogen (secondary N) is 1. The van der Waals surface area contributed by atoms with Gasteiger partial charge in [-0.3, -0.25) is 9.59 Å². The number of aliphatic carboxylic acids is 1. The molecule has 4 rings (SSSR count). The number of carboxylic acids is 1. The van der Waals surface area contributed by atoms with Crippen LogP contribution in [0.4, 0.5) is 0 Å². The Bertz CT molecular complexity index is 1060. The van der Waals surface area contributed by atoms with E-state index in [1.807, 2.05) is 37.3 Å². The van der Waals surface area contributed by atoms with Crippen LogP contribution in [-0.4, -0.2) is 24.1 Å². The van der Waals surface area contributed by atoms with Crippen molar-refractivity contribution >= 4 is 11.9 Å². The van der Waals surface area contributed by atoms with Crippen molar-refractivity contribution in [2.75, 3.05) is 7.11 Å². The van der Waals surface area contributed by atoms with Crippen LogP contribution in [0.3, 0.4) is 0 Å². The Labute approximate surface area is 215 Å². The lowest BCUT2D eigenvalue weighted by Gasteiger charge is -2.46. The zero-order valence-corrected chi connectivity index (χ0v) is 22.1. The molecule has 2 aliphatic rings. The van der Waals surface area contributed by atoms with Gasteiger partial charge in [0, 0.05) is 17.7 Å². The third kappa shape index (κ3) is 5.93. The Hall–Kier alpha value is -2.82. The Morgan fingerprint density at radius 1 is 1.06 bits per heavy atom. The molecule has 6 unspecified atom stereocenters. The van der Waals surface area contributed by atoms with Gasteiger partial charge in [-0.1, -0.05) is 45.0 Å². The van der Waals surface area contributed by atoms with Crippen LogP contribution in [0.2, 0.25) is 0 Å². The van der Waals surface area contributed by atoms with Crippen molar-refractivity contribution in [1.29, 1.82) is 0 Å². The largest absolute Gasteiger partial charge is 0.496 e. The van der Waals surface area contributed by atoms with Crippen molar-refractivity contribution in [2.45, 2.75) is 71.8 Å². The topological polar surface area (TPSA) is 75.6 Å². The maximum Gasteiger partial charge on any atom is 0.306 e. The van der Waals surface area contributed by atoms with Crippen molar-refractivity contribution in [3.8, 4) is 5.75 Å². The Morgan fingerprint density at radius 2 is 1.81 bits per heavy atom. The van der Waals surface area contributed by atoms with Crippen LogP contribution in [0.1, 0.15) is 85.8 Å². The first-order chi connectivity index (χ1) is 17.3. The van der Waals surface area contributed by atoms with Crippen LogP contribution < -0.4 is 10.1 Å². The number of amides is 1. The van der Waals surface area contributed by atoms with Crippen LogP contribution in [0.25, 0.3) is 0 Å². The minimum atomic E-state index is -0.785. The second kappa shape index (κ2) is 11.5. The molecule has 2 bridgehead atoms. The number of ether oxygens (including phenoxy) is 1. The Kier molecular flexibility index (Phi) is 8.38. The van der Waals surface area contributed by atoms with Gasteiger partial charge < -0.3 is 15.2 Å². The monoisotopic (exact) mass is 491 g/mol. The van der Waals surface area contributed by atoms with Gasteiger partial charge in [0.2, 0.25) is 0 Å². The fourth-order valence-electron chi connectivity index (χ4n) is 6.95. The molecule has 1 amide bonds. The highest BCUT2D eigenvalue weighted by molar-refractivity contribution is 5.94. The molecule has 2 aliphatic carbocycles. The van der Waals surface area contributed by atoms with Crippen LogP contribution in [0.5, 0.6) is 5.75 Å². The Morgan fingerprint density at radius 3 is 2.47 bits per heavy atom. The second-order valence-corrected chi connectivity index (χ2v) is 11.3. The zero-order chi connectivity index (χ0) is 25.8. The summed E-state index contributed by atoms with van der Waals surface area (Å²) in [6.45, 7) is 7.01. The number of hydrogen-bond acceptors (Lipinski definition) is 3. The van der Waals surface area contributed by atoms with Crippen molar-refractivity contribution in [3.05, 3.63) is 64.7 Å². The smallest absolute Gasteiger partial charge is 0.306 e. The van der Waals surface area contributed by atoms with Crippen LogP contribution in [-0.2, 0) is 17.8 Å². The molecule has 0 spiro atoms. The van der Waals surface area contributed by atoms with E-state index in [9.17, 15) is 14.7 Å². The summed E-state index contributed by atoms with van der Waals surface area (Å²) in [5.74, 6) is 3.11. The summed E-state index contributed by atoms with van der Waals surface area (Å²) in [4.78, 5) is 24.4. The first kappa shape index (κ1) is 26.2. The summed E-state index contributed by atoms with van der Waals surface area (Å²) in [5, 5.41) is 12.4. The molecule has 5 nitrogen and oxygen atoms in total. The van der Waals surface area contributed by atoms with E-state index < -0.39 is 11.9 Å². The van der Waals surface area contributed by atoms with E-state index >= 15 is 0 Å². The summed E-state index contributed by atoms with van der Waals surface area (Å²) >= 11 is 0. The second-order valence-electron chi connectivity index (χ2n) is 11.3. The predicted octanol–water partition coefficient (Wildman–Crippen LogP) is 6.45. The molecule has 2 aromatic rings. The minimum absolute atomic E-state index is 0.117. The van der Waals surface area contributed by atoms with E-state index in [4.69, 9.17) is 4.74 Å². The van der Waals surface area contributed by atoms with Gasteiger partial charge in [0.1, 0.15) is 5.75 Å². The van der Waals surface area contributed by atoms with Crippen LogP contribution >= 0.6 is 0 Å². The van der Waals surface area contributed by atoms with Gasteiger partial charge in [0.25, 0.3) is 5.91 Å². The van der Waals surface area contributed by atoms with Gasteiger partial charge in [-0.2, -0.15) is 0 Å². The van der Waals surface area contributed by atoms with Crippen LogP contribution in [0, 0.1) is 29.6 Å². The maximum absolute atomic E-state index is 13.0. The Balaban J connectivity index is 1.41. The molecule has 0 aliphatic heterocycles. The SMILES string of the molecule is CCC(Cc1ccc(OC)c(CNC(=O)c2ccc(C3C(C)CC4CC(C)CC3C4)cc2)c1)C(=O)O. The summed E-state index contributed by atoms with van der Waals surface area (Å²) < 4.78 is 5.48. The number of rotatable bonds is 9. The number of hydrogen-bond donors (Lipinski definition) is 2. The number of carbonyl (C=O) groups is 2. The lowest BCUT2D eigenvalue weighted by molar-refractivity contribution is -0.141. The zero-order valence-electron chi connectivity index (χ0n) is 22.1. The molecule has 0 radical (unpaired) electrons. The van der Waals surface area contributed by atoms with E-state index in [0.29, 0.717) is 42.5 Å². The van der Waals surface area contributed by atoms with E-state index in [1.54, 1.807) is 7.11 Å². The van der Waals surface area contributed by atoms with Crippen molar-refractivity contribution < 1.29 is 19.4 Å².